The van der Waals surface area contributed by atoms with Crippen LogP contribution in [0.4, 0.5) is 0 Å². The maximum absolute atomic E-state index is 6.28. The standard InChI is InChI=1S/C17H27NO3/c1-5-6-7-8-9-10-14(18)13-11-15(19-2)17(21-4)16(12-13)20-3/h5,11-12,14H,1,6-10,18H2,2-4H3. The molecule has 0 aromatic heterocycles. The monoisotopic (exact) mass is 293 g/mol. The molecule has 0 amide bonds. The third kappa shape index (κ3) is 4.97. The molecule has 0 aliphatic rings. The summed E-state index contributed by atoms with van der Waals surface area (Å²) >= 11 is 0. The Balaban J connectivity index is 2.75. The Kier molecular flexibility index (Phi) is 7.69. The van der Waals surface area contributed by atoms with E-state index < -0.39 is 0 Å². The Labute approximate surface area is 127 Å². The average molecular weight is 293 g/mol. The first-order chi connectivity index (χ1) is 10.2. The Morgan fingerprint density at radius 2 is 1.67 bits per heavy atom. The van der Waals surface area contributed by atoms with Crippen LogP contribution >= 0.6 is 0 Å². The number of hydrogen-bond donors (Lipinski definition) is 1. The number of rotatable bonds is 10. The lowest BCUT2D eigenvalue weighted by Gasteiger charge is -2.17. The summed E-state index contributed by atoms with van der Waals surface area (Å²) in [5, 5.41) is 0. The largest absolute Gasteiger partial charge is 0.493 e. The molecule has 21 heavy (non-hydrogen) atoms. The van der Waals surface area contributed by atoms with E-state index in [9.17, 15) is 0 Å². The number of allylic oxidation sites excluding steroid dienone is 1. The Hall–Kier alpha value is -1.68. The second-order valence-electron chi connectivity index (χ2n) is 4.99. The zero-order valence-electron chi connectivity index (χ0n) is 13.4. The van der Waals surface area contributed by atoms with Crippen LogP contribution in [-0.4, -0.2) is 21.3 Å². The molecule has 1 aromatic carbocycles. The van der Waals surface area contributed by atoms with Crippen molar-refractivity contribution in [2.45, 2.75) is 38.1 Å². The molecule has 1 unspecified atom stereocenters. The van der Waals surface area contributed by atoms with Gasteiger partial charge in [0.15, 0.2) is 11.5 Å². The molecule has 0 spiro atoms. The summed E-state index contributed by atoms with van der Waals surface area (Å²) in [6.07, 6.45) is 7.41. The van der Waals surface area contributed by atoms with Gasteiger partial charge in [0.1, 0.15) is 0 Å². The van der Waals surface area contributed by atoms with Gasteiger partial charge in [-0.25, -0.2) is 0 Å². The highest BCUT2D eigenvalue weighted by molar-refractivity contribution is 5.54. The van der Waals surface area contributed by atoms with Crippen LogP contribution in [0.2, 0.25) is 0 Å². The topological polar surface area (TPSA) is 53.7 Å². The lowest BCUT2D eigenvalue weighted by atomic mass is 10.00. The van der Waals surface area contributed by atoms with Crippen molar-refractivity contribution in [1.29, 1.82) is 0 Å². The number of nitrogens with two attached hydrogens (primary N) is 1. The molecule has 4 heteroatoms. The smallest absolute Gasteiger partial charge is 0.203 e. The van der Waals surface area contributed by atoms with Crippen LogP contribution in [0.5, 0.6) is 17.2 Å². The predicted octanol–water partition coefficient (Wildman–Crippen LogP) is 3.85. The van der Waals surface area contributed by atoms with Crippen LogP contribution < -0.4 is 19.9 Å². The van der Waals surface area contributed by atoms with Crippen molar-refractivity contribution in [3.05, 3.63) is 30.4 Å². The average Bonchev–Trinajstić information content (AvgIpc) is 2.52. The van der Waals surface area contributed by atoms with Gasteiger partial charge >= 0.3 is 0 Å². The molecule has 1 rings (SSSR count). The molecule has 1 atom stereocenters. The molecule has 0 fully saturated rings. The Morgan fingerprint density at radius 3 is 2.14 bits per heavy atom. The van der Waals surface area contributed by atoms with Crippen molar-refractivity contribution in [2.75, 3.05) is 21.3 Å². The van der Waals surface area contributed by atoms with Gasteiger partial charge in [-0.1, -0.05) is 18.9 Å². The summed E-state index contributed by atoms with van der Waals surface area (Å²) in [5.41, 5.74) is 7.28. The quantitative estimate of drug-likeness (QED) is 0.526. The molecule has 118 valence electrons. The van der Waals surface area contributed by atoms with Gasteiger partial charge in [0.2, 0.25) is 5.75 Å². The van der Waals surface area contributed by atoms with E-state index in [1.54, 1.807) is 21.3 Å². The highest BCUT2D eigenvalue weighted by atomic mass is 16.5. The van der Waals surface area contributed by atoms with Gasteiger partial charge < -0.3 is 19.9 Å². The number of methoxy groups -OCH3 is 3. The fourth-order valence-corrected chi connectivity index (χ4v) is 2.31. The van der Waals surface area contributed by atoms with E-state index in [-0.39, 0.29) is 6.04 Å². The fraction of sp³-hybridized carbons (Fsp3) is 0.529. The van der Waals surface area contributed by atoms with E-state index in [0.29, 0.717) is 17.2 Å². The zero-order valence-corrected chi connectivity index (χ0v) is 13.4. The number of benzene rings is 1. The van der Waals surface area contributed by atoms with Gasteiger partial charge in [0, 0.05) is 6.04 Å². The van der Waals surface area contributed by atoms with Crippen molar-refractivity contribution in [3.63, 3.8) is 0 Å². The molecular formula is C17H27NO3. The third-order valence-electron chi connectivity index (χ3n) is 3.54. The minimum Gasteiger partial charge on any atom is -0.493 e. The van der Waals surface area contributed by atoms with Gasteiger partial charge in [-0.2, -0.15) is 0 Å². The SMILES string of the molecule is C=CCCCCCC(N)c1cc(OC)c(OC)c(OC)c1. The molecule has 0 saturated heterocycles. The molecule has 0 aliphatic carbocycles. The fourth-order valence-electron chi connectivity index (χ4n) is 2.31. The molecule has 0 bridgehead atoms. The Bertz CT molecular complexity index is 421. The zero-order chi connectivity index (χ0) is 15.7. The van der Waals surface area contributed by atoms with E-state index in [1.165, 1.54) is 12.8 Å². The minimum atomic E-state index is -0.0255. The maximum atomic E-state index is 6.28. The van der Waals surface area contributed by atoms with E-state index in [1.807, 2.05) is 18.2 Å². The van der Waals surface area contributed by atoms with Gasteiger partial charge in [-0.3, -0.25) is 0 Å². The van der Waals surface area contributed by atoms with Crippen LogP contribution in [0.3, 0.4) is 0 Å². The van der Waals surface area contributed by atoms with Crippen LogP contribution in [0.1, 0.15) is 43.7 Å². The van der Waals surface area contributed by atoms with E-state index in [0.717, 1.165) is 24.8 Å². The highest BCUT2D eigenvalue weighted by Gasteiger charge is 2.16. The van der Waals surface area contributed by atoms with Crippen LogP contribution in [0.25, 0.3) is 0 Å². The van der Waals surface area contributed by atoms with Gasteiger partial charge in [-0.05, 0) is 37.0 Å². The van der Waals surface area contributed by atoms with Crippen molar-refractivity contribution in [3.8, 4) is 17.2 Å². The molecule has 1 aromatic rings. The van der Waals surface area contributed by atoms with Gasteiger partial charge in [-0.15, -0.1) is 6.58 Å². The molecule has 4 nitrogen and oxygen atoms in total. The summed E-state index contributed by atoms with van der Waals surface area (Å²) in [5.74, 6) is 1.89. The third-order valence-corrected chi connectivity index (χ3v) is 3.54. The number of hydrogen-bond acceptors (Lipinski definition) is 4. The lowest BCUT2D eigenvalue weighted by molar-refractivity contribution is 0.323. The van der Waals surface area contributed by atoms with Crippen molar-refractivity contribution >= 4 is 0 Å². The van der Waals surface area contributed by atoms with Crippen molar-refractivity contribution in [1.82, 2.24) is 0 Å². The maximum Gasteiger partial charge on any atom is 0.203 e. The molecule has 0 radical (unpaired) electrons. The number of ether oxygens (including phenoxy) is 3. The van der Waals surface area contributed by atoms with Crippen molar-refractivity contribution < 1.29 is 14.2 Å². The molecular weight excluding hydrogens is 266 g/mol. The molecule has 0 heterocycles. The van der Waals surface area contributed by atoms with E-state index >= 15 is 0 Å². The van der Waals surface area contributed by atoms with E-state index in [2.05, 4.69) is 6.58 Å². The summed E-state index contributed by atoms with van der Waals surface area (Å²) in [6.45, 7) is 3.73. The number of unbranched alkanes of at least 4 members (excludes halogenated alkanes) is 3. The second kappa shape index (κ2) is 9.29. The van der Waals surface area contributed by atoms with Crippen molar-refractivity contribution in [2.24, 2.45) is 5.73 Å². The molecule has 2 N–H and O–H groups in total. The first kappa shape index (κ1) is 17.4. The van der Waals surface area contributed by atoms with Crippen LogP contribution in [-0.2, 0) is 0 Å². The van der Waals surface area contributed by atoms with Gasteiger partial charge in [0.05, 0.1) is 21.3 Å². The second-order valence-corrected chi connectivity index (χ2v) is 4.99. The van der Waals surface area contributed by atoms with E-state index in [4.69, 9.17) is 19.9 Å². The lowest BCUT2D eigenvalue weighted by Crippen LogP contribution is -2.11. The predicted molar refractivity (Wildman–Crippen MR) is 86.3 cm³/mol. The molecule has 0 aliphatic heterocycles. The first-order valence-corrected chi connectivity index (χ1v) is 7.34. The summed E-state index contributed by atoms with van der Waals surface area (Å²) < 4.78 is 16.0. The summed E-state index contributed by atoms with van der Waals surface area (Å²) in [6, 6.07) is 3.83. The minimum absolute atomic E-state index is 0.0255. The first-order valence-electron chi connectivity index (χ1n) is 7.34. The summed E-state index contributed by atoms with van der Waals surface area (Å²) in [7, 11) is 4.82. The van der Waals surface area contributed by atoms with Crippen LogP contribution in [0, 0.1) is 0 Å². The highest BCUT2D eigenvalue weighted by Crippen LogP contribution is 2.39. The van der Waals surface area contributed by atoms with Crippen LogP contribution in [0.15, 0.2) is 24.8 Å². The molecule has 0 saturated carbocycles. The summed E-state index contributed by atoms with van der Waals surface area (Å²) in [4.78, 5) is 0. The normalized spacial score (nSPS) is 11.8. The Morgan fingerprint density at radius 1 is 1.05 bits per heavy atom. The van der Waals surface area contributed by atoms with Gasteiger partial charge in [0.25, 0.3) is 0 Å².